The Morgan fingerprint density at radius 3 is 2.34 bits per heavy atom. The minimum absolute atomic E-state index is 0.0931. The molecule has 2 amide bonds. The van der Waals surface area contributed by atoms with Gasteiger partial charge in [0.25, 0.3) is 0 Å². The highest BCUT2D eigenvalue weighted by Gasteiger charge is 2.32. The maximum atomic E-state index is 14.0. The first-order valence-electron chi connectivity index (χ1n) is 13.4. The van der Waals surface area contributed by atoms with Gasteiger partial charge in [0.05, 0.1) is 16.5 Å². The van der Waals surface area contributed by atoms with E-state index < -0.39 is 6.04 Å². The summed E-state index contributed by atoms with van der Waals surface area (Å²) in [4.78, 5) is 29.7. The van der Waals surface area contributed by atoms with Crippen molar-refractivity contribution in [3.05, 3.63) is 105 Å². The van der Waals surface area contributed by atoms with Crippen molar-refractivity contribution in [2.45, 2.75) is 77.4 Å². The predicted molar refractivity (Wildman–Crippen MR) is 156 cm³/mol. The highest BCUT2D eigenvalue weighted by Crippen LogP contribution is 2.25. The number of benzene rings is 3. The van der Waals surface area contributed by atoms with Crippen LogP contribution in [0, 0.1) is 13.8 Å². The molecule has 0 aromatic heterocycles. The first kappa shape index (κ1) is 28.2. The van der Waals surface area contributed by atoms with Crippen LogP contribution in [-0.2, 0) is 29.0 Å². The van der Waals surface area contributed by atoms with Crippen LogP contribution in [0.25, 0.3) is 0 Å². The standard InChI is InChI=1S/C32H36Cl2N2O2/c1-22-13-14-23(2)26(17-22)20-31(37)36(21-25-15-16-28(33)29(34)18-25)30(19-24-9-5-3-6-10-24)32(38)35-27-11-7-4-8-12-27/h3,5-6,9-10,13-18,27,30H,4,7-8,11-12,19-21H2,1-2H3,(H,35,38)/t30-/m0/s1. The molecule has 0 unspecified atom stereocenters. The van der Waals surface area contributed by atoms with Crippen molar-refractivity contribution in [3.8, 4) is 0 Å². The van der Waals surface area contributed by atoms with E-state index in [0.717, 1.165) is 53.5 Å². The van der Waals surface area contributed by atoms with E-state index >= 15 is 0 Å². The number of carbonyl (C=O) groups excluding carboxylic acids is 2. The minimum atomic E-state index is -0.661. The highest BCUT2D eigenvalue weighted by atomic mass is 35.5. The molecule has 0 spiro atoms. The predicted octanol–water partition coefficient (Wildman–Crippen LogP) is 7.24. The molecule has 1 saturated carbocycles. The van der Waals surface area contributed by atoms with Crippen LogP contribution >= 0.6 is 23.2 Å². The SMILES string of the molecule is Cc1ccc(C)c(CC(=O)N(Cc2ccc(Cl)c(Cl)c2)[C@@H](Cc2ccccc2)C(=O)NC2CCCCC2)c1. The molecule has 0 bridgehead atoms. The molecule has 4 rings (SSSR count). The molecule has 200 valence electrons. The van der Waals surface area contributed by atoms with Crippen molar-refractivity contribution >= 4 is 35.0 Å². The number of nitrogens with zero attached hydrogens (tertiary/aromatic N) is 1. The Labute approximate surface area is 236 Å². The maximum absolute atomic E-state index is 14.0. The van der Waals surface area contributed by atoms with Crippen molar-refractivity contribution in [3.63, 3.8) is 0 Å². The summed E-state index contributed by atoms with van der Waals surface area (Å²) in [6, 6.07) is 20.9. The zero-order valence-electron chi connectivity index (χ0n) is 22.2. The highest BCUT2D eigenvalue weighted by molar-refractivity contribution is 6.42. The fourth-order valence-corrected chi connectivity index (χ4v) is 5.51. The van der Waals surface area contributed by atoms with Crippen LogP contribution in [0.1, 0.15) is 59.9 Å². The summed E-state index contributed by atoms with van der Waals surface area (Å²) in [5.41, 5.74) is 4.97. The molecule has 1 N–H and O–H groups in total. The quantitative estimate of drug-likeness (QED) is 0.305. The van der Waals surface area contributed by atoms with E-state index in [9.17, 15) is 9.59 Å². The number of amides is 2. The summed E-state index contributed by atoms with van der Waals surface area (Å²) in [6.07, 6.45) is 6.05. The van der Waals surface area contributed by atoms with Gasteiger partial charge in [-0.1, -0.05) is 103 Å². The van der Waals surface area contributed by atoms with Gasteiger partial charge in [-0.25, -0.2) is 0 Å². The minimum Gasteiger partial charge on any atom is -0.352 e. The van der Waals surface area contributed by atoms with Crippen molar-refractivity contribution in [2.24, 2.45) is 0 Å². The Kier molecular flexibility index (Phi) is 9.87. The van der Waals surface area contributed by atoms with Crippen LogP contribution in [0.15, 0.2) is 66.7 Å². The lowest BCUT2D eigenvalue weighted by atomic mass is 9.94. The first-order chi connectivity index (χ1) is 18.3. The molecule has 1 aliphatic carbocycles. The third kappa shape index (κ3) is 7.61. The van der Waals surface area contributed by atoms with Gasteiger partial charge < -0.3 is 10.2 Å². The largest absolute Gasteiger partial charge is 0.352 e. The second-order valence-electron chi connectivity index (χ2n) is 10.4. The number of aryl methyl sites for hydroxylation is 2. The smallest absolute Gasteiger partial charge is 0.243 e. The van der Waals surface area contributed by atoms with Gasteiger partial charge >= 0.3 is 0 Å². The summed E-state index contributed by atoms with van der Waals surface area (Å²) in [5.74, 6) is -0.195. The van der Waals surface area contributed by atoms with Crippen molar-refractivity contribution < 1.29 is 9.59 Å². The second-order valence-corrected chi connectivity index (χ2v) is 11.2. The topological polar surface area (TPSA) is 49.4 Å². The molecule has 0 heterocycles. The summed E-state index contributed by atoms with van der Waals surface area (Å²) in [7, 11) is 0. The molecule has 0 aliphatic heterocycles. The normalized spacial score (nSPS) is 14.6. The molecule has 3 aromatic rings. The van der Waals surface area contributed by atoms with Crippen LogP contribution in [0.4, 0.5) is 0 Å². The molecule has 0 saturated heterocycles. The van der Waals surface area contributed by atoms with Gasteiger partial charge in [0.1, 0.15) is 6.04 Å². The molecular weight excluding hydrogens is 515 g/mol. The average Bonchev–Trinajstić information content (AvgIpc) is 2.91. The summed E-state index contributed by atoms with van der Waals surface area (Å²) >= 11 is 12.5. The number of rotatable bonds is 9. The Morgan fingerprint density at radius 1 is 0.895 bits per heavy atom. The molecular formula is C32H36Cl2N2O2. The summed E-state index contributed by atoms with van der Waals surface area (Å²) < 4.78 is 0. The number of nitrogens with one attached hydrogen (secondary N) is 1. The molecule has 1 fully saturated rings. The molecule has 6 heteroatoms. The summed E-state index contributed by atoms with van der Waals surface area (Å²) in [6.45, 7) is 4.30. The third-order valence-corrected chi connectivity index (χ3v) is 8.14. The van der Waals surface area contributed by atoms with Gasteiger partial charge in [-0.3, -0.25) is 9.59 Å². The lowest BCUT2D eigenvalue weighted by Crippen LogP contribution is -2.53. The third-order valence-electron chi connectivity index (χ3n) is 7.41. The number of hydrogen-bond donors (Lipinski definition) is 1. The fourth-order valence-electron chi connectivity index (χ4n) is 5.19. The van der Waals surface area contributed by atoms with E-state index in [1.807, 2.05) is 62.4 Å². The molecule has 1 aliphatic rings. The van der Waals surface area contributed by atoms with Crippen molar-refractivity contribution in [1.29, 1.82) is 0 Å². The fraction of sp³-hybridized carbons (Fsp3) is 0.375. The van der Waals surface area contributed by atoms with E-state index in [4.69, 9.17) is 23.2 Å². The Morgan fingerprint density at radius 2 is 1.63 bits per heavy atom. The number of carbonyl (C=O) groups is 2. The molecule has 38 heavy (non-hydrogen) atoms. The van der Waals surface area contributed by atoms with Crippen LogP contribution in [-0.4, -0.2) is 28.8 Å². The Bertz CT molecular complexity index is 1260. The van der Waals surface area contributed by atoms with Crippen LogP contribution < -0.4 is 5.32 Å². The summed E-state index contributed by atoms with van der Waals surface area (Å²) in [5, 5.41) is 4.17. The van der Waals surface area contributed by atoms with Gasteiger partial charge in [-0.15, -0.1) is 0 Å². The van der Waals surface area contributed by atoms with E-state index in [1.165, 1.54) is 6.42 Å². The van der Waals surface area contributed by atoms with E-state index in [1.54, 1.807) is 17.0 Å². The van der Waals surface area contributed by atoms with Crippen molar-refractivity contribution in [1.82, 2.24) is 10.2 Å². The van der Waals surface area contributed by atoms with Crippen LogP contribution in [0.5, 0.6) is 0 Å². The molecule has 3 aromatic carbocycles. The van der Waals surface area contributed by atoms with Gasteiger partial charge in [-0.05, 0) is 61.1 Å². The molecule has 4 nitrogen and oxygen atoms in total. The van der Waals surface area contributed by atoms with Gasteiger partial charge in [-0.2, -0.15) is 0 Å². The Balaban J connectivity index is 1.69. The zero-order valence-corrected chi connectivity index (χ0v) is 23.7. The average molecular weight is 552 g/mol. The second kappa shape index (κ2) is 13.3. The van der Waals surface area contributed by atoms with Gasteiger partial charge in [0.15, 0.2) is 0 Å². The monoisotopic (exact) mass is 550 g/mol. The van der Waals surface area contributed by atoms with E-state index in [2.05, 4.69) is 11.4 Å². The molecule has 0 radical (unpaired) electrons. The Hall–Kier alpha value is -2.82. The van der Waals surface area contributed by atoms with Crippen molar-refractivity contribution in [2.75, 3.05) is 0 Å². The zero-order chi connectivity index (χ0) is 27.1. The lowest BCUT2D eigenvalue weighted by Gasteiger charge is -2.34. The molecule has 1 atom stereocenters. The lowest BCUT2D eigenvalue weighted by molar-refractivity contribution is -0.141. The van der Waals surface area contributed by atoms with Gasteiger partial charge in [0, 0.05) is 19.0 Å². The number of halogens is 2. The maximum Gasteiger partial charge on any atom is 0.243 e. The van der Waals surface area contributed by atoms with Crippen LogP contribution in [0.3, 0.4) is 0 Å². The van der Waals surface area contributed by atoms with Gasteiger partial charge in [0.2, 0.25) is 11.8 Å². The first-order valence-corrected chi connectivity index (χ1v) is 14.2. The van der Waals surface area contributed by atoms with Crippen LogP contribution in [0.2, 0.25) is 10.0 Å². The number of hydrogen-bond acceptors (Lipinski definition) is 2. The van der Waals surface area contributed by atoms with E-state index in [-0.39, 0.29) is 30.8 Å². The van der Waals surface area contributed by atoms with E-state index in [0.29, 0.717) is 16.5 Å².